The zero-order chi connectivity index (χ0) is 22.0. The van der Waals surface area contributed by atoms with Crippen LogP contribution in [0.1, 0.15) is 70.6 Å². The van der Waals surface area contributed by atoms with Crippen LogP contribution in [0.4, 0.5) is 0 Å². The molecule has 180 valence electrons. The summed E-state index contributed by atoms with van der Waals surface area (Å²) in [6.07, 6.45) is 25.2. The Balaban J connectivity index is 0.000000191. The summed E-state index contributed by atoms with van der Waals surface area (Å²) in [5.74, 6) is 2.18. The zero-order valence-corrected chi connectivity index (χ0v) is 24.1. The van der Waals surface area contributed by atoms with E-state index in [4.69, 9.17) is 0 Å². The molecule has 2 saturated carbocycles. The molecule has 3 aliphatic rings. The molecule has 3 aromatic rings. The first-order valence-electron chi connectivity index (χ1n) is 12.6. The van der Waals surface area contributed by atoms with Crippen LogP contribution < -0.4 is 24.8 Å². The molecule has 34 heavy (non-hydrogen) atoms. The van der Waals surface area contributed by atoms with E-state index >= 15 is 0 Å². The van der Waals surface area contributed by atoms with Crippen molar-refractivity contribution in [2.75, 3.05) is 0 Å². The van der Waals surface area contributed by atoms with Crippen LogP contribution in [-0.2, 0) is 24.2 Å². The number of hydrogen-bond donors (Lipinski definition) is 0. The molecular weight excluding hydrogens is 534 g/mol. The predicted octanol–water partition coefficient (Wildman–Crippen LogP) is 2.89. The molecule has 3 aliphatic carbocycles. The van der Waals surface area contributed by atoms with E-state index in [0.717, 1.165) is 18.3 Å². The number of benzene rings is 2. The normalized spacial score (nSPS) is 17.0. The average Bonchev–Trinajstić information content (AvgIpc) is 3.63. The van der Waals surface area contributed by atoms with Gasteiger partial charge < -0.3 is 24.8 Å². The topological polar surface area (TPSA) is 0 Å². The third-order valence-electron chi connectivity index (χ3n) is 7.13. The van der Waals surface area contributed by atoms with Crippen molar-refractivity contribution in [3.63, 3.8) is 0 Å². The molecule has 0 unspecified atom stereocenters. The van der Waals surface area contributed by atoms with Gasteiger partial charge in [-0.05, 0) is 0 Å². The van der Waals surface area contributed by atoms with Crippen LogP contribution in [0.5, 0.6) is 0 Å². The van der Waals surface area contributed by atoms with Crippen LogP contribution in [-0.4, -0.2) is 3.21 Å². The van der Waals surface area contributed by atoms with Crippen LogP contribution in [0.25, 0.3) is 21.5 Å². The standard InChI is InChI=1S/C13H9.C13H22.C5H5.2ClH.Zr/c1-3-7-12-10(5-1)9-11-6-2-4-8-13(11)12;1-2-7-12(6-1)10-5-11-13-8-3-4-9-13;1-2-4-5-3-1;;;/h1-9H;12-13H,1-4,6-11H2;1-3H,4H2;2*1H;/q-1;;-1;;;+2/p-2. The molecule has 0 amide bonds. The van der Waals surface area contributed by atoms with Gasteiger partial charge in [-0.25, -0.2) is 12.2 Å². The molecule has 0 aliphatic heterocycles. The summed E-state index contributed by atoms with van der Waals surface area (Å²) >= 11 is 1.74. The quantitative estimate of drug-likeness (QED) is 0.424. The first-order valence-corrected chi connectivity index (χ1v) is 13.8. The second-order valence-electron chi connectivity index (χ2n) is 9.63. The Morgan fingerprint density at radius 1 is 0.765 bits per heavy atom. The Bertz CT molecular complexity index is 969. The molecule has 3 aromatic carbocycles. The largest absolute Gasteiger partial charge is 0.126 e. The third-order valence-corrected chi connectivity index (χ3v) is 8.13. The zero-order valence-electron chi connectivity index (χ0n) is 20.1. The molecule has 0 bridgehead atoms. The number of rotatable bonds is 4. The molecule has 2 fully saturated rings. The Labute approximate surface area is 233 Å². The van der Waals surface area contributed by atoms with E-state index < -0.39 is 0 Å². The van der Waals surface area contributed by atoms with Crippen molar-refractivity contribution in [2.24, 2.45) is 11.8 Å². The summed E-state index contributed by atoms with van der Waals surface area (Å²) in [4.78, 5) is 0. The smallest absolute Gasteiger partial charge is 0.0771 e. The molecule has 0 radical (unpaired) electrons. The molecule has 0 saturated heterocycles. The van der Waals surface area contributed by atoms with E-state index in [0.29, 0.717) is 0 Å². The van der Waals surface area contributed by atoms with Crippen molar-refractivity contribution in [1.82, 2.24) is 0 Å². The first kappa shape index (κ1) is 29.4. The van der Waals surface area contributed by atoms with Gasteiger partial charge in [0.05, 0.1) is 0 Å². The van der Waals surface area contributed by atoms with E-state index in [9.17, 15) is 0 Å². The summed E-state index contributed by atoms with van der Waals surface area (Å²) in [6, 6.07) is 19.3. The van der Waals surface area contributed by atoms with Gasteiger partial charge in [-0.1, -0.05) is 36.4 Å². The van der Waals surface area contributed by atoms with Crippen molar-refractivity contribution in [1.29, 1.82) is 0 Å². The molecule has 0 N–H and O–H groups in total. The van der Waals surface area contributed by atoms with Gasteiger partial charge in [0.2, 0.25) is 0 Å². The summed E-state index contributed by atoms with van der Waals surface area (Å²) in [5, 5.41) is 5.39. The Hall–Kier alpha value is -0.877. The fourth-order valence-electron chi connectivity index (χ4n) is 5.45. The van der Waals surface area contributed by atoms with Crippen LogP contribution in [0.15, 0.2) is 72.8 Å². The van der Waals surface area contributed by atoms with Gasteiger partial charge in [-0.2, -0.15) is 6.08 Å². The van der Waals surface area contributed by atoms with Crippen molar-refractivity contribution in [3.8, 4) is 0 Å². The maximum atomic E-state index is 2.99. The number of hydrogen-bond acceptors (Lipinski definition) is 0. The predicted molar refractivity (Wildman–Crippen MR) is 137 cm³/mol. The fourth-order valence-corrected chi connectivity index (χ4v) is 6.87. The number of halogens is 2. The minimum absolute atomic E-state index is 0. The Morgan fingerprint density at radius 2 is 1.24 bits per heavy atom. The van der Waals surface area contributed by atoms with Crippen LogP contribution >= 0.6 is 0 Å². The maximum Gasteiger partial charge on any atom is -0.0771 e. The first-order chi connectivity index (χ1) is 15.8. The van der Waals surface area contributed by atoms with Gasteiger partial charge in [-0.15, -0.1) is 46.2 Å². The monoisotopic (exact) mass is 568 g/mol. The summed E-state index contributed by atoms with van der Waals surface area (Å²) < 4.78 is 1.90. The molecule has 0 atom stereocenters. The van der Waals surface area contributed by atoms with Gasteiger partial charge in [-0.3, -0.25) is 6.08 Å². The van der Waals surface area contributed by atoms with Crippen molar-refractivity contribution >= 4 is 24.8 Å². The van der Waals surface area contributed by atoms with Gasteiger partial charge in [0, 0.05) is 0 Å². The van der Waals surface area contributed by atoms with E-state index in [-0.39, 0.29) is 24.8 Å². The third kappa shape index (κ3) is 8.97. The second kappa shape index (κ2) is 16.0. The van der Waals surface area contributed by atoms with Crippen LogP contribution in [0, 0.1) is 17.9 Å². The maximum absolute atomic E-state index is 2.99. The van der Waals surface area contributed by atoms with Crippen molar-refractivity contribution < 1.29 is 49.0 Å². The van der Waals surface area contributed by atoms with Gasteiger partial charge in [0.15, 0.2) is 0 Å². The van der Waals surface area contributed by atoms with Crippen molar-refractivity contribution in [3.05, 3.63) is 78.9 Å². The molecule has 0 aromatic heterocycles. The van der Waals surface area contributed by atoms with Gasteiger partial charge >= 0.3 is 103 Å². The van der Waals surface area contributed by atoms with Crippen LogP contribution in [0.2, 0.25) is 0 Å². The van der Waals surface area contributed by atoms with Gasteiger partial charge in [0.1, 0.15) is 0 Å². The minimum atomic E-state index is 0. The second-order valence-corrected chi connectivity index (χ2v) is 11.4. The minimum Gasteiger partial charge on any atom is -0.126 e. The summed E-state index contributed by atoms with van der Waals surface area (Å²) in [5.41, 5.74) is 0. The SMILES string of the molecule is [C-]1=CC=CC1.[Cl-].[Cl-].[Zr+2]=[C](CC1CCCC1)CC1CCCC1.c1ccc2c(c1)[cH-]c1ccccc12. The van der Waals surface area contributed by atoms with E-state index in [2.05, 4.69) is 66.7 Å². The van der Waals surface area contributed by atoms with Crippen LogP contribution in [0.3, 0.4) is 0 Å². The average molecular weight is 571 g/mol. The number of fused-ring (bicyclic) bond motifs is 3. The Kier molecular flexibility index (Phi) is 13.8. The fraction of sp³-hybridized carbons (Fsp3) is 0.419. The molecule has 3 heteroatoms. The van der Waals surface area contributed by atoms with E-state index in [1.807, 2.05) is 15.4 Å². The molecule has 0 spiro atoms. The van der Waals surface area contributed by atoms with Gasteiger partial charge in [0.25, 0.3) is 0 Å². The molecule has 0 heterocycles. The van der Waals surface area contributed by atoms with E-state index in [1.54, 1.807) is 24.2 Å². The Morgan fingerprint density at radius 3 is 1.62 bits per heavy atom. The van der Waals surface area contributed by atoms with E-state index in [1.165, 1.54) is 85.8 Å². The summed E-state index contributed by atoms with van der Waals surface area (Å²) in [7, 11) is 0. The molecular formula is C31H36Cl2Zr-2. The molecule has 6 rings (SSSR count). The molecule has 0 nitrogen and oxygen atoms in total. The summed E-state index contributed by atoms with van der Waals surface area (Å²) in [6.45, 7) is 0. The number of allylic oxidation sites excluding steroid dienone is 4. The van der Waals surface area contributed by atoms with Crippen molar-refractivity contribution in [2.45, 2.75) is 70.6 Å².